The van der Waals surface area contributed by atoms with Crippen LogP contribution >= 0.6 is 0 Å². The average Bonchev–Trinajstić information content (AvgIpc) is 2.16. The van der Waals surface area contributed by atoms with Gasteiger partial charge in [-0.05, 0) is 13.0 Å². The predicted molar refractivity (Wildman–Crippen MR) is 51.2 cm³/mol. The molecule has 0 saturated heterocycles. The van der Waals surface area contributed by atoms with E-state index in [1.165, 1.54) is 26.1 Å². The molecule has 0 aliphatic heterocycles. The second kappa shape index (κ2) is 4.00. The van der Waals surface area contributed by atoms with Crippen LogP contribution in [-0.2, 0) is 0 Å². The van der Waals surface area contributed by atoms with E-state index in [-0.39, 0.29) is 16.8 Å². The third-order valence-electron chi connectivity index (χ3n) is 1.87. The fourth-order valence-electron chi connectivity index (χ4n) is 1.26. The van der Waals surface area contributed by atoms with Crippen LogP contribution in [0.15, 0.2) is 12.3 Å². The Balaban J connectivity index is 3.56. The highest BCUT2D eigenvalue weighted by Gasteiger charge is 2.20. The molecule has 0 bridgehead atoms. The second-order valence-corrected chi connectivity index (χ2v) is 3.00. The summed E-state index contributed by atoms with van der Waals surface area (Å²) in [5.41, 5.74) is -0.414. The number of ketones is 2. The Labute approximate surface area is 85.8 Å². The molecule has 0 saturated carbocycles. The van der Waals surface area contributed by atoms with Crippen LogP contribution in [0.5, 0.6) is 0 Å². The molecule has 1 aromatic rings. The Morgan fingerprint density at radius 2 is 1.80 bits per heavy atom. The van der Waals surface area contributed by atoms with Crippen molar-refractivity contribution in [2.75, 3.05) is 0 Å². The second-order valence-electron chi connectivity index (χ2n) is 3.00. The van der Waals surface area contributed by atoms with E-state index in [4.69, 9.17) is 5.11 Å². The Hall–Kier alpha value is -2.04. The Morgan fingerprint density at radius 1 is 1.20 bits per heavy atom. The van der Waals surface area contributed by atoms with Gasteiger partial charge in [-0.3, -0.25) is 14.6 Å². The molecule has 0 atom stereocenters. The third kappa shape index (κ3) is 2.07. The largest absolute Gasteiger partial charge is 0.478 e. The molecule has 0 aliphatic carbocycles. The monoisotopic (exact) mass is 207 g/mol. The van der Waals surface area contributed by atoms with Crippen LogP contribution in [0, 0.1) is 0 Å². The average molecular weight is 207 g/mol. The zero-order valence-electron chi connectivity index (χ0n) is 8.27. The summed E-state index contributed by atoms with van der Waals surface area (Å²) in [6, 6.07) is 1.20. The maximum atomic E-state index is 11.2. The first kappa shape index (κ1) is 11.0. The van der Waals surface area contributed by atoms with Crippen molar-refractivity contribution >= 4 is 17.5 Å². The zero-order valence-corrected chi connectivity index (χ0v) is 8.27. The summed E-state index contributed by atoms with van der Waals surface area (Å²) in [6.07, 6.45) is 1.20. The van der Waals surface area contributed by atoms with Gasteiger partial charge in [0.2, 0.25) is 0 Å². The summed E-state index contributed by atoms with van der Waals surface area (Å²) in [7, 11) is 0. The molecule has 15 heavy (non-hydrogen) atoms. The van der Waals surface area contributed by atoms with Crippen LogP contribution in [0.2, 0.25) is 0 Å². The van der Waals surface area contributed by atoms with E-state index in [9.17, 15) is 14.4 Å². The summed E-state index contributed by atoms with van der Waals surface area (Å²) in [4.78, 5) is 36.9. The number of carbonyl (C=O) groups excluding carboxylic acids is 2. The van der Waals surface area contributed by atoms with Crippen molar-refractivity contribution in [2.24, 2.45) is 0 Å². The van der Waals surface area contributed by atoms with E-state index in [0.29, 0.717) is 0 Å². The SMILES string of the molecule is CC(=O)c1nccc(C(=O)O)c1C(C)=O. The van der Waals surface area contributed by atoms with E-state index >= 15 is 0 Å². The molecule has 0 amide bonds. The number of pyridine rings is 1. The van der Waals surface area contributed by atoms with Gasteiger partial charge in [-0.15, -0.1) is 0 Å². The van der Waals surface area contributed by atoms with Crippen LogP contribution in [0.1, 0.15) is 45.1 Å². The highest BCUT2D eigenvalue weighted by Crippen LogP contribution is 2.14. The first-order valence-corrected chi connectivity index (χ1v) is 4.19. The molecule has 0 radical (unpaired) electrons. The maximum Gasteiger partial charge on any atom is 0.336 e. The minimum absolute atomic E-state index is 0.0950. The van der Waals surface area contributed by atoms with Gasteiger partial charge in [0.15, 0.2) is 11.6 Å². The molecule has 1 N–H and O–H groups in total. The minimum Gasteiger partial charge on any atom is -0.478 e. The van der Waals surface area contributed by atoms with Gasteiger partial charge < -0.3 is 5.11 Å². The van der Waals surface area contributed by atoms with Crippen LogP contribution in [0.4, 0.5) is 0 Å². The zero-order chi connectivity index (χ0) is 11.6. The molecule has 0 unspecified atom stereocenters. The van der Waals surface area contributed by atoms with Gasteiger partial charge in [0.05, 0.1) is 11.1 Å². The lowest BCUT2D eigenvalue weighted by Crippen LogP contribution is -2.13. The van der Waals surface area contributed by atoms with Crippen LogP contribution in [0.3, 0.4) is 0 Å². The quantitative estimate of drug-likeness (QED) is 0.752. The van der Waals surface area contributed by atoms with E-state index in [1.54, 1.807) is 0 Å². The Kier molecular flexibility index (Phi) is 2.94. The lowest BCUT2D eigenvalue weighted by atomic mass is 10.0. The number of nitrogens with zero attached hydrogens (tertiary/aromatic N) is 1. The topological polar surface area (TPSA) is 84.3 Å². The molecular weight excluding hydrogens is 198 g/mol. The number of hydrogen-bond acceptors (Lipinski definition) is 4. The van der Waals surface area contributed by atoms with Gasteiger partial charge >= 0.3 is 5.97 Å². The molecule has 0 aromatic carbocycles. The summed E-state index contributed by atoms with van der Waals surface area (Å²) >= 11 is 0. The van der Waals surface area contributed by atoms with Gasteiger partial charge in [-0.1, -0.05) is 0 Å². The molecule has 5 nitrogen and oxygen atoms in total. The van der Waals surface area contributed by atoms with E-state index in [0.717, 1.165) is 0 Å². The Morgan fingerprint density at radius 3 is 2.20 bits per heavy atom. The summed E-state index contributed by atoms with van der Waals surface area (Å²) in [5, 5.41) is 8.83. The van der Waals surface area contributed by atoms with E-state index in [1.807, 2.05) is 0 Å². The van der Waals surface area contributed by atoms with Gasteiger partial charge in [0.25, 0.3) is 0 Å². The number of Topliss-reactive ketones (excluding diaryl/α,β-unsaturated/α-hetero) is 2. The van der Waals surface area contributed by atoms with Gasteiger partial charge in [0.1, 0.15) is 5.69 Å². The Bertz CT molecular complexity index is 418. The molecular formula is C10H9NO4. The highest BCUT2D eigenvalue weighted by atomic mass is 16.4. The van der Waals surface area contributed by atoms with Crippen molar-refractivity contribution in [3.63, 3.8) is 0 Å². The molecule has 0 spiro atoms. The molecule has 5 heteroatoms. The van der Waals surface area contributed by atoms with Gasteiger partial charge in [0, 0.05) is 13.1 Å². The predicted octanol–water partition coefficient (Wildman–Crippen LogP) is 1.19. The fraction of sp³-hybridized carbons (Fsp3) is 0.200. The van der Waals surface area contributed by atoms with Crippen molar-refractivity contribution in [1.82, 2.24) is 4.98 Å². The lowest BCUT2D eigenvalue weighted by Gasteiger charge is -2.05. The normalized spacial score (nSPS) is 9.73. The number of rotatable bonds is 3. The number of hydrogen-bond donors (Lipinski definition) is 1. The number of carboxylic acids is 1. The summed E-state index contributed by atoms with van der Waals surface area (Å²) in [5.74, 6) is -2.15. The molecule has 0 aliphatic rings. The van der Waals surface area contributed by atoms with Gasteiger partial charge in [-0.25, -0.2) is 4.79 Å². The lowest BCUT2D eigenvalue weighted by molar-refractivity contribution is 0.0692. The molecule has 78 valence electrons. The minimum atomic E-state index is -1.25. The smallest absolute Gasteiger partial charge is 0.336 e. The number of aromatic nitrogens is 1. The molecule has 1 heterocycles. The van der Waals surface area contributed by atoms with Crippen molar-refractivity contribution in [3.8, 4) is 0 Å². The van der Waals surface area contributed by atoms with Crippen LogP contribution in [-0.4, -0.2) is 27.6 Å². The first-order valence-electron chi connectivity index (χ1n) is 4.19. The van der Waals surface area contributed by atoms with Crippen molar-refractivity contribution in [2.45, 2.75) is 13.8 Å². The molecule has 1 aromatic heterocycles. The number of carboxylic acid groups (broad SMARTS) is 1. The summed E-state index contributed by atoms with van der Waals surface area (Å²) in [6.45, 7) is 2.44. The van der Waals surface area contributed by atoms with E-state index < -0.39 is 17.5 Å². The van der Waals surface area contributed by atoms with Crippen LogP contribution in [0.25, 0.3) is 0 Å². The van der Waals surface area contributed by atoms with Crippen molar-refractivity contribution < 1.29 is 19.5 Å². The number of aromatic carboxylic acids is 1. The summed E-state index contributed by atoms with van der Waals surface area (Å²) < 4.78 is 0. The van der Waals surface area contributed by atoms with Crippen molar-refractivity contribution in [1.29, 1.82) is 0 Å². The van der Waals surface area contributed by atoms with Gasteiger partial charge in [-0.2, -0.15) is 0 Å². The van der Waals surface area contributed by atoms with Crippen molar-refractivity contribution in [3.05, 3.63) is 29.1 Å². The van der Waals surface area contributed by atoms with Crippen LogP contribution < -0.4 is 0 Å². The molecule has 0 fully saturated rings. The first-order chi connectivity index (χ1) is 6.95. The highest BCUT2D eigenvalue weighted by molar-refractivity contribution is 6.11. The standard InChI is InChI=1S/C10H9NO4/c1-5(12)8-7(10(14)15)3-4-11-9(8)6(2)13/h3-4H,1-2H3,(H,14,15). The fourth-order valence-corrected chi connectivity index (χ4v) is 1.26. The van der Waals surface area contributed by atoms with E-state index in [2.05, 4.69) is 4.98 Å². The molecule has 1 rings (SSSR count). The maximum absolute atomic E-state index is 11.2. The number of carbonyl (C=O) groups is 3. The third-order valence-corrected chi connectivity index (χ3v) is 1.87.